The minimum absolute atomic E-state index is 0.0533. The number of allylic oxidation sites excluding steroid dienone is 2. The van der Waals surface area contributed by atoms with E-state index in [4.69, 9.17) is 0 Å². The highest BCUT2D eigenvalue weighted by Gasteiger charge is 2.19. The molecular weight excluding hydrogens is 396 g/mol. The van der Waals surface area contributed by atoms with Gasteiger partial charge in [-0.25, -0.2) is 0 Å². The summed E-state index contributed by atoms with van der Waals surface area (Å²) in [6, 6.07) is 15.6. The molecule has 2 aromatic carbocycles. The van der Waals surface area contributed by atoms with Gasteiger partial charge in [0.2, 0.25) is 5.91 Å². The third kappa shape index (κ3) is 5.64. The molecule has 4 nitrogen and oxygen atoms in total. The molecule has 0 aliphatic rings. The maximum Gasteiger partial charge on any atom is 0.247 e. The van der Waals surface area contributed by atoms with E-state index in [0.717, 1.165) is 28.6 Å². The zero-order valence-electron chi connectivity index (χ0n) is 19.6. The molecule has 166 valence electrons. The summed E-state index contributed by atoms with van der Waals surface area (Å²) in [5.41, 5.74) is 5.05. The molecule has 0 atom stereocenters. The Morgan fingerprint density at radius 3 is 2.50 bits per heavy atom. The number of nitrogens with zero attached hydrogens (tertiary/aromatic N) is 2. The number of carbonyl (C=O) groups excluding carboxylic acids is 2. The van der Waals surface area contributed by atoms with Gasteiger partial charge in [-0.05, 0) is 52.8 Å². The smallest absolute Gasteiger partial charge is 0.247 e. The van der Waals surface area contributed by atoms with Crippen LogP contribution in [0.5, 0.6) is 0 Å². The topological polar surface area (TPSA) is 42.3 Å². The second-order valence-corrected chi connectivity index (χ2v) is 8.72. The molecule has 0 N–H and O–H groups in total. The number of aromatic nitrogens is 1. The van der Waals surface area contributed by atoms with Gasteiger partial charge in [0.15, 0.2) is 5.78 Å². The van der Waals surface area contributed by atoms with Gasteiger partial charge in [-0.1, -0.05) is 53.6 Å². The normalized spacial score (nSPS) is 11.3. The summed E-state index contributed by atoms with van der Waals surface area (Å²) in [6.07, 6.45) is 7.70. The van der Waals surface area contributed by atoms with Gasteiger partial charge in [-0.3, -0.25) is 9.59 Å². The molecule has 0 saturated carbocycles. The largest absolute Gasteiger partial charge is 0.343 e. The standard InChI is InChI=1S/C28H32N2O2/c1-20(2)15-16-29-18-24(25-11-6-7-12-26(25)29)13-14-28(32)30(21(3)4)19-27(31)23-10-8-9-22(5)17-23/h6-15,17-18,21H,16,19H2,1-5H3/b14-13+. The van der Waals surface area contributed by atoms with Gasteiger partial charge in [0, 0.05) is 46.9 Å². The SMILES string of the molecule is CC(C)=CCn1cc(/C=C/C(=O)N(CC(=O)c2cccc(C)c2)C(C)C)c2ccccc21. The Bertz CT molecular complexity index is 1180. The van der Waals surface area contributed by atoms with E-state index in [1.165, 1.54) is 5.57 Å². The fourth-order valence-electron chi connectivity index (χ4n) is 3.68. The van der Waals surface area contributed by atoms with Crippen LogP contribution in [0.3, 0.4) is 0 Å². The average Bonchev–Trinajstić information content (AvgIpc) is 3.11. The van der Waals surface area contributed by atoms with Crippen LogP contribution in [0.4, 0.5) is 0 Å². The van der Waals surface area contributed by atoms with Gasteiger partial charge >= 0.3 is 0 Å². The lowest BCUT2D eigenvalue weighted by Crippen LogP contribution is -2.39. The minimum Gasteiger partial charge on any atom is -0.343 e. The van der Waals surface area contributed by atoms with Crippen LogP contribution < -0.4 is 0 Å². The van der Waals surface area contributed by atoms with Crippen molar-refractivity contribution in [3.05, 3.63) is 89.1 Å². The van der Waals surface area contributed by atoms with Gasteiger partial charge in [0.1, 0.15) is 0 Å². The van der Waals surface area contributed by atoms with Gasteiger partial charge < -0.3 is 9.47 Å². The lowest BCUT2D eigenvalue weighted by atomic mass is 10.1. The third-order valence-corrected chi connectivity index (χ3v) is 5.48. The molecule has 0 saturated heterocycles. The van der Waals surface area contributed by atoms with E-state index in [2.05, 4.69) is 42.8 Å². The summed E-state index contributed by atoms with van der Waals surface area (Å²) in [5, 5.41) is 1.10. The van der Waals surface area contributed by atoms with E-state index in [9.17, 15) is 9.59 Å². The van der Waals surface area contributed by atoms with Crippen LogP contribution in [0.25, 0.3) is 17.0 Å². The zero-order valence-corrected chi connectivity index (χ0v) is 19.6. The number of para-hydroxylation sites is 1. The van der Waals surface area contributed by atoms with Crippen molar-refractivity contribution < 1.29 is 9.59 Å². The van der Waals surface area contributed by atoms with Gasteiger partial charge in [-0.15, -0.1) is 0 Å². The first-order chi connectivity index (χ1) is 15.3. The summed E-state index contributed by atoms with van der Waals surface area (Å²) in [4.78, 5) is 27.4. The minimum atomic E-state index is -0.165. The van der Waals surface area contributed by atoms with Crippen molar-refractivity contribution in [3.63, 3.8) is 0 Å². The van der Waals surface area contributed by atoms with E-state index in [-0.39, 0.29) is 24.3 Å². The van der Waals surface area contributed by atoms with E-state index in [0.29, 0.717) is 5.56 Å². The molecule has 1 aromatic heterocycles. The Morgan fingerprint density at radius 1 is 1.06 bits per heavy atom. The predicted octanol–water partition coefficient (Wildman–Crippen LogP) is 6.05. The van der Waals surface area contributed by atoms with E-state index >= 15 is 0 Å². The fourth-order valence-corrected chi connectivity index (χ4v) is 3.68. The number of hydrogen-bond acceptors (Lipinski definition) is 2. The number of rotatable bonds is 8. The van der Waals surface area contributed by atoms with Gasteiger partial charge in [0.05, 0.1) is 6.54 Å². The number of amides is 1. The fraction of sp³-hybridized carbons (Fsp3) is 0.286. The number of ketones is 1. The first-order valence-corrected chi connectivity index (χ1v) is 11.1. The summed E-state index contributed by atoms with van der Waals surface area (Å²) in [7, 11) is 0. The molecule has 4 heteroatoms. The van der Waals surface area contributed by atoms with E-state index < -0.39 is 0 Å². The molecule has 0 aliphatic carbocycles. The van der Waals surface area contributed by atoms with E-state index in [1.807, 2.05) is 57.2 Å². The Hall–Kier alpha value is -3.40. The molecule has 3 aromatic rings. The lowest BCUT2D eigenvalue weighted by Gasteiger charge is -2.24. The van der Waals surface area contributed by atoms with Crippen LogP contribution in [-0.2, 0) is 11.3 Å². The van der Waals surface area contributed by atoms with Crippen molar-refractivity contribution in [1.82, 2.24) is 9.47 Å². The molecule has 0 spiro atoms. The summed E-state index contributed by atoms with van der Waals surface area (Å²) in [5.74, 6) is -0.218. The summed E-state index contributed by atoms with van der Waals surface area (Å²) >= 11 is 0. The molecule has 0 bridgehead atoms. The highest BCUT2D eigenvalue weighted by atomic mass is 16.2. The second-order valence-electron chi connectivity index (χ2n) is 8.72. The number of carbonyl (C=O) groups is 2. The van der Waals surface area contributed by atoms with Gasteiger partial charge in [0.25, 0.3) is 0 Å². The number of aryl methyl sites for hydroxylation is 1. The van der Waals surface area contributed by atoms with Crippen LogP contribution in [0.2, 0.25) is 0 Å². The van der Waals surface area contributed by atoms with Crippen molar-refractivity contribution >= 4 is 28.7 Å². The molecule has 1 heterocycles. The zero-order chi connectivity index (χ0) is 23.3. The van der Waals surface area contributed by atoms with Crippen LogP contribution in [0.1, 0.15) is 49.2 Å². The monoisotopic (exact) mass is 428 g/mol. The Balaban J connectivity index is 1.82. The van der Waals surface area contributed by atoms with Crippen molar-refractivity contribution in [2.45, 2.75) is 47.2 Å². The highest BCUT2D eigenvalue weighted by Crippen LogP contribution is 2.23. The van der Waals surface area contributed by atoms with Crippen molar-refractivity contribution in [1.29, 1.82) is 0 Å². The Kier molecular flexibility index (Phi) is 7.47. The lowest BCUT2D eigenvalue weighted by molar-refractivity contribution is -0.127. The average molecular weight is 429 g/mol. The van der Waals surface area contributed by atoms with Gasteiger partial charge in [-0.2, -0.15) is 0 Å². The van der Waals surface area contributed by atoms with Crippen molar-refractivity contribution in [3.8, 4) is 0 Å². The molecule has 3 rings (SSSR count). The van der Waals surface area contributed by atoms with Crippen LogP contribution in [-0.4, -0.2) is 33.7 Å². The quantitative estimate of drug-likeness (QED) is 0.249. The Labute approximate surface area is 190 Å². The molecule has 0 aliphatic heterocycles. The first kappa shape index (κ1) is 23.3. The van der Waals surface area contributed by atoms with Crippen LogP contribution >= 0.6 is 0 Å². The molecule has 1 amide bonds. The third-order valence-electron chi connectivity index (χ3n) is 5.48. The number of fused-ring (bicyclic) bond motifs is 1. The number of benzene rings is 2. The molecule has 0 fully saturated rings. The second kappa shape index (κ2) is 10.3. The maximum atomic E-state index is 13.0. The molecule has 0 unspecified atom stereocenters. The van der Waals surface area contributed by atoms with E-state index in [1.54, 1.807) is 17.0 Å². The Morgan fingerprint density at radius 2 is 1.81 bits per heavy atom. The maximum absolute atomic E-state index is 13.0. The summed E-state index contributed by atoms with van der Waals surface area (Å²) < 4.78 is 2.19. The number of hydrogen-bond donors (Lipinski definition) is 0. The molecule has 0 radical (unpaired) electrons. The highest BCUT2D eigenvalue weighted by molar-refractivity contribution is 6.02. The summed E-state index contributed by atoms with van der Waals surface area (Å²) in [6.45, 7) is 10.8. The van der Waals surface area contributed by atoms with Crippen LogP contribution in [0, 0.1) is 6.92 Å². The van der Waals surface area contributed by atoms with Crippen molar-refractivity contribution in [2.75, 3.05) is 6.54 Å². The van der Waals surface area contributed by atoms with Crippen LogP contribution in [0.15, 0.2) is 72.5 Å². The molecular formula is C28H32N2O2. The first-order valence-electron chi connectivity index (χ1n) is 11.1. The van der Waals surface area contributed by atoms with Crippen molar-refractivity contribution in [2.24, 2.45) is 0 Å². The predicted molar refractivity (Wildman–Crippen MR) is 133 cm³/mol. The molecule has 32 heavy (non-hydrogen) atoms. The number of Topliss-reactive ketones (excluding diaryl/α,β-unsaturated/α-hetero) is 1.